The zero-order chi connectivity index (χ0) is 15.9. The molecule has 2 N–H and O–H groups in total. The van der Waals surface area contributed by atoms with Crippen molar-refractivity contribution < 1.29 is 5.11 Å². The molecule has 1 unspecified atom stereocenters. The molecule has 0 bridgehead atoms. The summed E-state index contributed by atoms with van der Waals surface area (Å²) in [4.78, 5) is 9.03. The Hall–Kier alpha value is -2.36. The van der Waals surface area contributed by atoms with E-state index in [1.165, 1.54) is 0 Å². The number of aromatic nitrogens is 2. The van der Waals surface area contributed by atoms with Gasteiger partial charge in [0.15, 0.2) is 5.82 Å². The van der Waals surface area contributed by atoms with Gasteiger partial charge in [-0.3, -0.25) is 5.01 Å². The minimum Gasteiger partial charge on any atom is -0.509 e. The fourth-order valence-corrected chi connectivity index (χ4v) is 2.63. The van der Waals surface area contributed by atoms with Crippen LogP contribution in [0.1, 0.15) is 19.0 Å². The molecule has 7 heteroatoms. The molecule has 0 fully saturated rings. The summed E-state index contributed by atoms with van der Waals surface area (Å²) < 4.78 is 0. The SMILES string of the molecule is CCC1NN(C)c2nc3ccc(Cl)cc3nc2C(C#N)=C1O. The highest BCUT2D eigenvalue weighted by Gasteiger charge is 2.28. The van der Waals surface area contributed by atoms with Crippen LogP contribution in [0.2, 0.25) is 5.02 Å². The summed E-state index contributed by atoms with van der Waals surface area (Å²) in [6.45, 7) is 1.92. The molecule has 1 aliphatic rings. The maximum atomic E-state index is 10.4. The van der Waals surface area contributed by atoms with E-state index in [4.69, 9.17) is 11.6 Å². The topological polar surface area (TPSA) is 85.1 Å². The summed E-state index contributed by atoms with van der Waals surface area (Å²) in [7, 11) is 1.78. The molecule has 0 aliphatic carbocycles. The standard InChI is InChI=1S/C15H14ClN5O/c1-3-10-14(22)9(7-17)13-15(21(2)20-10)19-11-5-4-8(16)6-12(11)18-13/h4-6,10,20,22H,3H2,1-2H3. The number of halogens is 1. The Morgan fingerprint density at radius 2 is 2.18 bits per heavy atom. The first-order valence-electron chi connectivity index (χ1n) is 6.86. The molecule has 0 saturated heterocycles. The molecule has 1 aliphatic heterocycles. The summed E-state index contributed by atoms with van der Waals surface area (Å²) in [6.07, 6.45) is 0.626. The second kappa shape index (κ2) is 5.44. The predicted octanol–water partition coefficient (Wildman–Crippen LogP) is 2.81. The highest BCUT2D eigenvalue weighted by molar-refractivity contribution is 6.31. The average Bonchev–Trinajstić information content (AvgIpc) is 2.60. The number of nitrogens with one attached hydrogen (secondary N) is 1. The van der Waals surface area contributed by atoms with Crippen LogP contribution in [0.4, 0.5) is 5.82 Å². The van der Waals surface area contributed by atoms with Gasteiger partial charge in [-0.05, 0) is 24.6 Å². The van der Waals surface area contributed by atoms with Crippen LogP contribution in [0.15, 0.2) is 24.0 Å². The lowest BCUT2D eigenvalue weighted by Crippen LogP contribution is -2.42. The third-order valence-corrected chi connectivity index (χ3v) is 3.85. The number of nitrogens with zero attached hydrogens (tertiary/aromatic N) is 4. The van der Waals surface area contributed by atoms with Crippen molar-refractivity contribution in [2.75, 3.05) is 12.1 Å². The molecule has 0 radical (unpaired) electrons. The lowest BCUT2D eigenvalue weighted by molar-refractivity contribution is 0.338. The molecule has 0 amide bonds. The Balaban J connectivity index is 2.33. The number of hydrogen-bond acceptors (Lipinski definition) is 6. The van der Waals surface area contributed by atoms with E-state index >= 15 is 0 Å². The number of aliphatic hydroxyl groups excluding tert-OH is 1. The van der Waals surface area contributed by atoms with Crippen molar-refractivity contribution >= 4 is 34.0 Å². The van der Waals surface area contributed by atoms with E-state index in [-0.39, 0.29) is 17.4 Å². The molecule has 1 aromatic heterocycles. The second-order valence-electron chi connectivity index (χ2n) is 5.05. The van der Waals surface area contributed by atoms with Crippen LogP contribution in [0.3, 0.4) is 0 Å². The van der Waals surface area contributed by atoms with Crippen LogP contribution in [-0.4, -0.2) is 28.2 Å². The molecule has 2 heterocycles. The minimum atomic E-state index is -0.359. The molecule has 2 aromatic rings. The minimum absolute atomic E-state index is 0.0220. The van der Waals surface area contributed by atoms with Gasteiger partial charge in [0.2, 0.25) is 0 Å². The number of benzene rings is 1. The second-order valence-corrected chi connectivity index (χ2v) is 5.49. The van der Waals surface area contributed by atoms with Crippen LogP contribution in [0, 0.1) is 11.3 Å². The zero-order valence-electron chi connectivity index (χ0n) is 12.1. The van der Waals surface area contributed by atoms with Gasteiger partial charge in [0.1, 0.15) is 23.1 Å². The summed E-state index contributed by atoms with van der Waals surface area (Å²) in [6, 6.07) is 6.88. The number of fused-ring (bicyclic) bond motifs is 2. The van der Waals surface area contributed by atoms with E-state index < -0.39 is 0 Å². The summed E-state index contributed by atoms with van der Waals surface area (Å²) in [5, 5.41) is 22.1. The van der Waals surface area contributed by atoms with E-state index in [0.717, 1.165) is 0 Å². The molecular weight excluding hydrogens is 302 g/mol. The number of nitriles is 1. The van der Waals surface area contributed by atoms with Crippen molar-refractivity contribution in [1.82, 2.24) is 15.4 Å². The number of rotatable bonds is 1. The first-order valence-corrected chi connectivity index (χ1v) is 7.23. The van der Waals surface area contributed by atoms with E-state index in [2.05, 4.69) is 15.4 Å². The first kappa shape index (κ1) is 14.6. The fraction of sp³-hybridized carbons (Fsp3) is 0.267. The first-order chi connectivity index (χ1) is 10.5. The Kier molecular flexibility index (Phi) is 3.61. The number of hydrazine groups is 1. The third-order valence-electron chi connectivity index (χ3n) is 3.62. The van der Waals surface area contributed by atoms with Gasteiger partial charge in [-0.1, -0.05) is 18.5 Å². The van der Waals surface area contributed by atoms with Crippen molar-refractivity contribution in [2.24, 2.45) is 0 Å². The predicted molar refractivity (Wildman–Crippen MR) is 85.3 cm³/mol. The summed E-state index contributed by atoms with van der Waals surface area (Å²) in [5.74, 6) is 0.472. The van der Waals surface area contributed by atoms with Gasteiger partial charge in [0.25, 0.3) is 0 Å². The maximum absolute atomic E-state index is 10.4. The van der Waals surface area contributed by atoms with Crippen LogP contribution in [-0.2, 0) is 0 Å². The Morgan fingerprint density at radius 1 is 1.41 bits per heavy atom. The Morgan fingerprint density at radius 3 is 2.86 bits per heavy atom. The van der Waals surface area contributed by atoms with Crippen LogP contribution >= 0.6 is 11.6 Å². The van der Waals surface area contributed by atoms with Crippen LogP contribution in [0.25, 0.3) is 16.6 Å². The fourth-order valence-electron chi connectivity index (χ4n) is 2.47. The van der Waals surface area contributed by atoms with Gasteiger partial charge in [-0.2, -0.15) is 5.26 Å². The van der Waals surface area contributed by atoms with Gasteiger partial charge in [0.05, 0.1) is 17.1 Å². The van der Waals surface area contributed by atoms with Gasteiger partial charge in [-0.15, -0.1) is 0 Å². The lowest BCUT2D eigenvalue weighted by atomic mass is 10.1. The molecule has 6 nitrogen and oxygen atoms in total. The Bertz CT molecular complexity index is 827. The van der Waals surface area contributed by atoms with E-state index in [1.807, 2.05) is 13.0 Å². The summed E-state index contributed by atoms with van der Waals surface area (Å²) >= 11 is 5.99. The van der Waals surface area contributed by atoms with E-state index in [0.29, 0.717) is 34.0 Å². The number of anilines is 1. The molecule has 0 saturated carbocycles. The average molecular weight is 316 g/mol. The van der Waals surface area contributed by atoms with E-state index in [9.17, 15) is 10.4 Å². The van der Waals surface area contributed by atoms with Gasteiger partial charge >= 0.3 is 0 Å². The van der Waals surface area contributed by atoms with Crippen LogP contribution in [0.5, 0.6) is 0 Å². The van der Waals surface area contributed by atoms with Crippen molar-refractivity contribution in [3.63, 3.8) is 0 Å². The van der Waals surface area contributed by atoms with Gasteiger partial charge in [-0.25, -0.2) is 15.4 Å². The molecular formula is C15H14ClN5O. The number of hydrogen-bond donors (Lipinski definition) is 2. The van der Waals surface area contributed by atoms with Crippen molar-refractivity contribution in [3.05, 3.63) is 34.7 Å². The highest BCUT2D eigenvalue weighted by atomic mass is 35.5. The molecule has 22 heavy (non-hydrogen) atoms. The molecule has 0 spiro atoms. The third kappa shape index (κ3) is 2.25. The largest absolute Gasteiger partial charge is 0.509 e. The quantitative estimate of drug-likeness (QED) is 0.841. The van der Waals surface area contributed by atoms with Gasteiger partial charge < -0.3 is 5.11 Å². The van der Waals surface area contributed by atoms with Crippen molar-refractivity contribution in [1.29, 1.82) is 5.26 Å². The highest BCUT2D eigenvalue weighted by Crippen LogP contribution is 2.31. The molecule has 3 rings (SSSR count). The van der Waals surface area contributed by atoms with E-state index in [1.54, 1.807) is 30.3 Å². The number of allylic oxidation sites excluding steroid dienone is 1. The monoisotopic (exact) mass is 315 g/mol. The van der Waals surface area contributed by atoms with Crippen molar-refractivity contribution in [3.8, 4) is 6.07 Å². The lowest BCUT2D eigenvalue weighted by Gasteiger charge is -2.23. The summed E-state index contributed by atoms with van der Waals surface area (Å²) in [5.41, 5.74) is 4.85. The molecule has 1 aromatic carbocycles. The molecule has 112 valence electrons. The van der Waals surface area contributed by atoms with Crippen molar-refractivity contribution in [2.45, 2.75) is 19.4 Å². The van der Waals surface area contributed by atoms with Crippen LogP contribution < -0.4 is 10.4 Å². The Labute approximate surface area is 132 Å². The normalized spacial score (nSPS) is 18.1. The number of aliphatic hydroxyl groups is 1. The van der Waals surface area contributed by atoms with Gasteiger partial charge in [0, 0.05) is 12.1 Å². The molecule has 1 atom stereocenters. The maximum Gasteiger partial charge on any atom is 0.170 e. The smallest absolute Gasteiger partial charge is 0.170 e. The zero-order valence-corrected chi connectivity index (χ0v) is 12.9.